The molecule has 26 heavy (non-hydrogen) atoms. The first kappa shape index (κ1) is 16.9. The van der Waals surface area contributed by atoms with E-state index in [4.69, 9.17) is 4.98 Å². The van der Waals surface area contributed by atoms with E-state index in [0.29, 0.717) is 0 Å². The van der Waals surface area contributed by atoms with Crippen LogP contribution in [-0.4, -0.2) is 23.7 Å². The summed E-state index contributed by atoms with van der Waals surface area (Å²) in [5.41, 5.74) is 4.83. The average Bonchev–Trinajstić information content (AvgIpc) is 3.04. The number of nitrogens with zero attached hydrogens (tertiary/aromatic N) is 2. The van der Waals surface area contributed by atoms with Gasteiger partial charge in [0.1, 0.15) is 5.82 Å². The minimum absolute atomic E-state index is 0.0785. The summed E-state index contributed by atoms with van der Waals surface area (Å²) in [6, 6.07) is 18.9. The van der Waals surface area contributed by atoms with E-state index in [1.165, 1.54) is 22.3 Å². The van der Waals surface area contributed by atoms with Crippen molar-refractivity contribution >= 4 is 28.1 Å². The number of hydrogen-bond donors (Lipinski definition) is 2. The van der Waals surface area contributed by atoms with Crippen LogP contribution in [0.2, 0.25) is 0 Å². The predicted octanol–water partition coefficient (Wildman–Crippen LogP) is 4.69. The Kier molecular flexibility index (Phi) is 4.29. The van der Waals surface area contributed by atoms with Crippen LogP contribution in [0.4, 0.5) is 17.2 Å². The van der Waals surface area contributed by atoms with Crippen molar-refractivity contribution in [1.29, 1.82) is 0 Å². The highest BCUT2D eigenvalue weighted by Gasteiger charge is 2.26. The third kappa shape index (κ3) is 3.25. The van der Waals surface area contributed by atoms with Crippen LogP contribution in [0.5, 0.6) is 0 Å². The van der Waals surface area contributed by atoms with Crippen molar-refractivity contribution in [2.24, 2.45) is 0 Å². The monoisotopic (exact) mass is 346 g/mol. The number of anilines is 3. The maximum Gasteiger partial charge on any atom is 0.139 e. The molecule has 0 fully saturated rings. The first-order valence-electron chi connectivity index (χ1n) is 9.26. The SMILES string of the molecule is CC(C)(C)NCNc1c2c(nc3ccccc13)N(c1ccccc1)CC2. The van der Waals surface area contributed by atoms with Gasteiger partial charge in [-0.25, -0.2) is 4.98 Å². The highest BCUT2D eigenvalue weighted by molar-refractivity contribution is 5.97. The van der Waals surface area contributed by atoms with Crippen LogP contribution in [0.15, 0.2) is 54.6 Å². The number of fused-ring (bicyclic) bond motifs is 2. The van der Waals surface area contributed by atoms with Gasteiger partial charge < -0.3 is 10.2 Å². The molecule has 1 aliphatic rings. The highest BCUT2D eigenvalue weighted by atomic mass is 15.2. The van der Waals surface area contributed by atoms with Crippen molar-refractivity contribution < 1.29 is 0 Å². The standard InChI is InChI=1S/C22H26N4/c1-22(2,3)24-15-23-20-17-11-7-8-12-19(17)25-21-18(20)13-14-26(21)16-9-5-4-6-10-16/h4-12,24H,13-15H2,1-3H3,(H,23,25). The van der Waals surface area contributed by atoms with Gasteiger partial charge >= 0.3 is 0 Å². The number of hydrogen-bond acceptors (Lipinski definition) is 4. The summed E-state index contributed by atoms with van der Waals surface area (Å²) in [5, 5.41) is 8.35. The number of pyridine rings is 1. The summed E-state index contributed by atoms with van der Waals surface area (Å²) < 4.78 is 0. The van der Waals surface area contributed by atoms with Crippen LogP contribution in [0.3, 0.4) is 0 Å². The molecular weight excluding hydrogens is 320 g/mol. The molecule has 1 aliphatic heterocycles. The molecule has 134 valence electrons. The minimum Gasteiger partial charge on any atom is -0.372 e. The van der Waals surface area contributed by atoms with Crippen molar-refractivity contribution in [3.05, 3.63) is 60.2 Å². The van der Waals surface area contributed by atoms with E-state index in [1.54, 1.807) is 0 Å². The fourth-order valence-corrected chi connectivity index (χ4v) is 3.49. The van der Waals surface area contributed by atoms with E-state index in [0.717, 1.165) is 31.0 Å². The van der Waals surface area contributed by atoms with Crippen molar-refractivity contribution in [3.63, 3.8) is 0 Å². The van der Waals surface area contributed by atoms with Crippen molar-refractivity contribution in [1.82, 2.24) is 10.3 Å². The molecule has 1 aromatic heterocycles. The lowest BCUT2D eigenvalue weighted by Gasteiger charge is -2.23. The van der Waals surface area contributed by atoms with Crippen LogP contribution in [0.1, 0.15) is 26.3 Å². The third-order valence-corrected chi connectivity index (χ3v) is 4.76. The maximum atomic E-state index is 5.00. The largest absolute Gasteiger partial charge is 0.372 e. The van der Waals surface area contributed by atoms with Gasteiger partial charge in [-0.3, -0.25) is 5.32 Å². The molecule has 0 radical (unpaired) electrons. The lowest BCUT2D eigenvalue weighted by atomic mass is 10.1. The van der Waals surface area contributed by atoms with E-state index in [-0.39, 0.29) is 5.54 Å². The quantitative estimate of drug-likeness (QED) is 0.673. The number of para-hydroxylation sites is 2. The zero-order valence-corrected chi connectivity index (χ0v) is 15.7. The molecule has 0 aliphatic carbocycles. The second kappa shape index (κ2) is 6.61. The molecule has 0 amide bonds. The molecule has 0 saturated heterocycles. The molecule has 3 aromatic rings. The zero-order chi connectivity index (χ0) is 18.1. The van der Waals surface area contributed by atoms with Gasteiger partial charge in [0.25, 0.3) is 0 Å². The van der Waals surface area contributed by atoms with Gasteiger partial charge in [0.15, 0.2) is 0 Å². The summed E-state index contributed by atoms with van der Waals surface area (Å²) in [6.45, 7) is 8.24. The lowest BCUT2D eigenvalue weighted by Crippen LogP contribution is -2.39. The first-order valence-corrected chi connectivity index (χ1v) is 9.26. The average molecular weight is 346 g/mol. The molecule has 2 N–H and O–H groups in total. The number of aromatic nitrogens is 1. The topological polar surface area (TPSA) is 40.2 Å². The van der Waals surface area contributed by atoms with Gasteiger partial charge in [0.2, 0.25) is 0 Å². The van der Waals surface area contributed by atoms with Gasteiger partial charge in [0, 0.05) is 28.7 Å². The Morgan fingerprint density at radius 2 is 1.73 bits per heavy atom. The van der Waals surface area contributed by atoms with E-state index in [2.05, 4.69) is 90.9 Å². The smallest absolute Gasteiger partial charge is 0.139 e. The number of rotatable bonds is 4. The highest BCUT2D eigenvalue weighted by Crippen LogP contribution is 2.40. The van der Waals surface area contributed by atoms with Gasteiger partial charge in [-0.05, 0) is 45.4 Å². The van der Waals surface area contributed by atoms with Crippen molar-refractivity contribution in [2.75, 3.05) is 23.4 Å². The van der Waals surface area contributed by atoms with Gasteiger partial charge in [-0.15, -0.1) is 0 Å². The second-order valence-electron chi connectivity index (χ2n) is 7.82. The van der Waals surface area contributed by atoms with Gasteiger partial charge in [-0.1, -0.05) is 36.4 Å². The maximum absolute atomic E-state index is 5.00. The Morgan fingerprint density at radius 1 is 1.00 bits per heavy atom. The Hall–Kier alpha value is -2.59. The number of benzene rings is 2. The Bertz CT molecular complexity index is 913. The van der Waals surface area contributed by atoms with Crippen molar-refractivity contribution in [3.8, 4) is 0 Å². The first-order chi connectivity index (χ1) is 12.5. The minimum atomic E-state index is 0.0785. The Morgan fingerprint density at radius 3 is 2.50 bits per heavy atom. The number of nitrogens with one attached hydrogen (secondary N) is 2. The van der Waals surface area contributed by atoms with E-state index in [1.807, 2.05) is 0 Å². The van der Waals surface area contributed by atoms with E-state index in [9.17, 15) is 0 Å². The Balaban J connectivity index is 1.76. The predicted molar refractivity (Wildman–Crippen MR) is 110 cm³/mol. The molecule has 0 unspecified atom stereocenters. The molecule has 0 atom stereocenters. The van der Waals surface area contributed by atoms with Crippen LogP contribution < -0.4 is 15.5 Å². The summed E-state index contributed by atoms with van der Waals surface area (Å²) in [6.07, 6.45) is 1.000. The van der Waals surface area contributed by atoms with Crippen LogP contribution in [-0.2, 0) is 6.42 Å². The third-order valence-electron chi connectivity index (χ3n) is 4.76. The van der Waals surface area contributed by atoms with E-state index >= 15 is 0 Å². The second-order valence-corrected chi connectivity index (χ2v) is 7.82. The lowest BCUT2D eigenvalue weighted by molar-refractivity contribution is 0.442. The van der Waals surface area contributed by atoms with Crippen LogP contribution in [0, 0.1) is 0 Å². The van der Waals surface area contributed by atoms with Gasteiger partial charge in [0.05, 0.1) is 17.9 Å². The zero-order valence-electron chi connectivity index (χ0n) is 15.7. The molecule has 4 nitrogen and oxygen atoms in total. The molecule has 0 saturated carbocycles. The Labute approximate surface area is 155 Å². The molecule has 2 heterocycles. The van der Waals surface area contributed by atoms with Gasteiger partial charge in [-0.2, -0.15) is 0 Å². The van der Waals surface area contributed by atoms with Crippen LogP contribution >= 0.6 is 0 Å². The molecular formula is C22H26N4. The summed E-state index contributed by atoms with van der Waals surface area (Å²) in [5.74, 6) is 1.08. The fourth-order valence-electron chi connectivity index (χ4n) is 3.49. The van der Waals surface area contributed by atoms with E-state index < -0.39 is 0 Å². The summed E-state index contributed by atoms with van der Waals surface area (Å²) in [4.78, 5) is 7.32. The molecule has 2 aromatic carbocycles. The summed E-state index contributed by atoms with van der Waals surface area (Å²) >= 11 is 0. The molecule has 0 bridgehead atoms. The van der Waals surface area contributed by atoms with Crippen molar-refractivity contribution in [2.45, 2.75) is 32.7 Å². The van der Waals surface area contributed by atoms with Crippen LogP contribution in [0.25, 0.3) is 10.9 Å². The fraction of sp³-hybridized carbons (Fsp3) is 0.318. The normalized spacial score (nSPS) is 13.9. The molecule has 0 spiro atoms. The summed E-state index contributed by atoms with van der Waals surface area (Å²) in [7, 11) is 0. The molecule has 4 heteroatoms. The molecule has 4 rings (SSSR count).